The Kier molecular flexibility index (Phi) is 6.68. The molecule has 2 aromatic rings. The number of pyridine rings is 1. The fraction of sp³-hybridized carbons (Fsp3) is 0.273. The van der Waals surface area contributed by atoms with Crippen LogP contribution in [0.1, 0.15) is 5.56 Å². The molecular weight excluding hydrogens is 277 g/mol. The van der Waals surface area contributed by atoms with Crippen molar-refractivity contribution in [1.29, 1.82) is 0 Å². The van der Waals surface area contributed by atoms with E-state index in [1.54, 1.807) is 6.20 Å². The number of hydrogen-bond donors (Lipinski definition) is 2. The fourth-order valence-electron chi connectivity index (χ4n) is 1.65. The highest BCUT2D eigenvalue weighted by atomic mass is 35.5. The second-order valence-electron chi connectivity index (χ2n) is 3.55. The minimum absolute atomic E-state index is 0. The van der Waals surface area contributed by atoms with Crippen LogP contribution in [-0.4, -0.2) is 29.1 Å². The summed E-state index contributed by atoms with van der Waals surface area (Å²) in [5, 5.41) is 0.988. The van der Waals surface area contributed by atoms with Crippen LogP contribution in [0.3, 0.4) is 0 Å². The number of halogens is 2. The Morgan fingerprint density at radius 1 is 1.56 bits per heavy atom. The molecule has 5 nitrogen and oxygen atoms in total. The maximum atomic E-state index is 11.2. The lowest BCUT2D eigenvalue weighted by Gasteiger charge is -2.07. The number of esters is 1. The maximum absolute atomic E-state index is 11.2. The van der Waals surface area contributed by atoms with Crippen molar-refractivity contribution in [3.05, 3.63) is 30.1 Å². The molecule has 0 saturated heterocycles. The van der Waals surface area contributed by atoms with Gasteiger partial charge in [-0.3, -0.25) is 4.79 Å². The SMILES string of the molecule is COC(=O)C(N)Cc1c[nH]c2ncccc12.Cl.Cl. The number of fused-ring (bicyclic) bond motifs is 1. The summed E-state index contributed by atoms with van der Waals surface area (Å²) in [5.74, 6) is -0.404. The van der Waals surface area contributed by atoms with Gasteiger partial charge in [0.2, 0.25) is 0 Å². The number of H-pyrrole nitrogens is 1. The van der Waals surface area contributed by atoms with Gasteiger partial charge in [0.1, 0.15) is 11.7 Å². The molecule has 18 heavy (non-hydrogen) atoms. The highest BCUT2D eigenvalue weighted by molar-refractivity contribution is 5.85. The van der Waals surface area contributed by atoms with E-state index in [1.165, 1.54) is 7.11 Å². The first-order valence-electron chi connectivity index (χ1n) is 4.96. The predicted molar refractivity (Wildman–Crippen MR) is 74.3 cm³/mol. The molecule has 2 heterocycles. The lowest BCUT2D eigenvalue weighted by atomic mass is 10.1. The molecule has 1 unspecified atom stereocenters. The van der Waals surface area contributed by atoms with E-state index in [-0.39, 0.29) is 24.8 Å². The van der Waals surface area contributed by atoms with Gasteiger partial charge in [0, 0.05) is 24.2 Å². The van der Waals surface area contributed by atoms with Gasteiger partial charge < -0.3 is 15.5 Å². The van der Waals surface area contributed by atoms with E-state index >= 15 is 0 Å². The van der Waals surface area contributed by atoms with Crippen molar-refractivity contribution in [2.45, 2.75) is 12.5 Å². The van der Waals surface area contributed by atoms with Gasteiger partial charge in [-0.2, -0.15) is 0 Å². The number of hydrogen-bond acceptors (Lipinski definition) is 4. The predicted octanol–water partition coefficient (Wildman–Crippen LogP) is 1.45. The number of nitrogens with two attached hydrogens (primary N) is 1. The molecular formula is C11H15Cl2N3O2. The Morgan fingerprint density at radius 2 is 2.28 bits per heavy atom. The van der Waals surface area contributed by atoms with Crippen LogP contribution >= 0.6 is 24.8 Å². The van der Waals surface area contributed by atoms with Crippen LogP contribution in [0.5, 0.6) is 0 Å². The second kappa shape index (κ2) is 7.20. The third kappa shape index (κ3) is 3.35. The summed E-state index contributed by atoms with van der Waals surface area (Å²) >= 11 is 0. The van der Waals surface area contributed by atoms with Gasteiger partial charge in [-0.25, -0.2) is 4.98 Å². The lowest BCUT2D eigenvalue weighted by Crippen LogP contribution is -2.33. The van der Waals surface area contributed by atoms with Crippen LogP contribution in [0, 0.1) is 0 Å². The Labute approximate surface area is 117 Å². The second-order valence-corrected chi connectivity index (χ2v) is 3.55. The molecule has 7 heteroatoms. The Bertz CT molecular complexity index is 516. The van der Waals surface area contributed by atoms with Gasteiger partial charge in [0.05, 0.1) is 7.11 Å². The number of nitrogens with one attached hydrogen (secondary N) is 1. The van der Waals surface area contributed by atoms with Crippen molar-refractivity contribution in [1.82, 2.24) is 9.97 Å². The van der Waals surface area contributed by atoms with E-state index in [0.29, 0.717) is 6.42 Å². The smallest absolute Gasteiger partial charge is 0.322 e. The molecule has 0 saturated carbocycles. The Morgan fingerprint density at radius 3 is 2.94 bits per heavy atom. The number of carbonyl (C=O) groups excluding carboxylic acids is 1. The molecule has 2 aromatic heterocycles. The minimum atomic E-state index is -0.635. The molecule has 1 atom stereocenters. The molecule has 0 bridgehead atoms. The van der Waals surface area contributed by atoms with Crippen LogP contribution in [0.4, 0.5) is 0 Å². The van der Waals surface area contributed by atoms with Gasteiger partial charge in [0.25, 0.3) is 0 Å². The topological polar surface area (TPSA) is 81.0 Å². The van der Waals surface area contributed by atoms with E-state index in [4.69, 9.17) is 5.73 Å². The molecule has 0 aliphatic carbocycles. The van der Waals surface area contributed by atoms with Crippen molar-refractivity contribution >= 4 is 41.8 Å². The zero-order valence-electron chi connectivity index (χ0n) is 9.75. The van der Waals surface area contributed by atoms with Gasteiger partial charge >= 0.3 is 5.97 Å². The molecule has 0 aliphatic rings. The molecule has 100 valence electrons. The standard InChI is InChI=1S/C11H13N3O2.2ClH/c1-16-11(15)9(12)5-7-6-14-10-8(7)3-2-4-13-10;;/h2-4,6,9H,5,12H2,1H3,(H,13,14);2*1H. The molecule has 0 fully saturated rings. The summed E-state index contributed by atoms with van der Waals surface area (Å²) in [6, 6.07) is 3.16. The molecule has 0 radical (unpaired) electrons. The monoisotopic (exact) mass is 291 g/mol. The highest BCUT2D eigenvalue weighted by Crippen LogP contribution is 2.16. The number of rotatable bonds is 3. The zero-order chi connectivity index (χ0) is 11.5. The number of aromatic amines is 1. The van der Waals surface area contributed by atoms with Crippen LogP contribution < -0.4 is 5.73 Å². The first kappa shape index (κ1) is 16.7. The maximum Gasteiger partial charge on any atom is 0.322 e. The van der Waals surface area contributed by atoms with Crippen molar-refractivity contribution < 1.29 is 9.53 Å². The van der Waals surface area contributed by atoms with Gasteiger partial charge in [-0.1, -0.05) is 0 Å². The van der Waals surface area contributed by atoms with E-state index in [2.05, 4.69) is 14.7 Å². The molecule has 3 N–H and O–H groups in total. The minimum Gasteiger partial charge on any atom is -0.468 e. The summed E-state index contributed by atoms with van der Waals surface area (Å²) < 4.78 is 4.58. The number of nitrogens with zero attached hydrogens (tertiary/aromatic N) is 1. The quantitative estimate of drug-likeness (QED) is 0.839. The van der Waals surface area contributed by atoms with Crippen LogP contribution in [0.2, 0.25) is 0 Å². The number of ether oxygens (including phenoxy) is 1. The summed E-state index contributed by atoms with van der Waals surface area (Å²) in [5.41, 5.74) is 7.47. The first-order chi connectivity index (χ1) is 7.72. The Hall–Kier alpha value is -1.30. The van der Waals surface area contributed by atoms with Gasteiger partial charge in [0.15, 0.2) is 0 Å². The largest absolute Gasteiger partial charge is 0.468 e. The number of methoxy groups -OCH3 is 1. The third-order valence-corrected chi connectivity index (χ3v) is 2.48. The number of carbonyl (C=O) groups is 1. The molecule has 0 aliphatic heterocycles. The average molecular weight is 292 g/mol. The van der Waals surface area contributed by atoms with Crippen molar-refractivity contribution in [3.63, 3.8) is 0 Å². The average Bonchev–Trinajstić information content (AvgIpc) is 2.72. The Balaban J connectivity index is 0.00000144. The van der Waals surface area contributed by atoms with E-state index < -0.39 is 12.0 Å². The summed E-state index contributed by atoms with van der Waals surface area (Å²) in [6.07, 6.45) is 3.97. The van der Waals surface area contributed by atoms with E-state index in [1.807, 2.05) is 18.3 Å². The molecule has 0 amide bonds. The summed E-state index contributed by atoms with van der Waals surface area (Å²) in [6.45, 7) is 0. The first-order valence-corrected chi connectivity index (χ1v) is 4.96. The summed E-state index contributed by atoms with van der Waals surface area (Å²) in [7, 11) is 1.33. The van der Waals surface area contributed by atoms with Crippen molar-refractivity contribution in [2.75, 3.05) is 7.11 Å². The normalized spacial score (nSPS) is 11.2. The molecule has 2 rings (SSSR count). The summed E-state index contributed by atoms with van der Waals surface area (Å²) in [4.78, 5) is 18.4. The van der Waals surface area contributed by atoms with Gasteiger partial charge in [-0.05, 0) is 17.7 Å². The van der Waals surface area contributed by atoms with Crippen LogP contribution in [0.25, 0.3) is 11.0 Å². The van der Waals surface area contributed by atoms with E-state index in [0.717, 1.165) is 16.6 Å². The van der Waals surface area contributed by atoms with Crippen molar-refractivity contribution in [2.24, 2.45) is 5.73 Å². The van der Waals surface area contributed by atoms with Gasteiger partial charge in [-0.15, -0.1) is 24.8 Å². The van der Waals surface area contributed by atoms with Crippen molar-refractivity contribution in [3.8, 4) is 0 Å². The zero-order valence-corrected chi connectivity index (χ0v) is 11.4. The van der Waals surface area contributed by atoms with E-state index in [9.17, 15) is 4.79 Å². The third-order valence-electron chi connectivity index (χ3n) is 2.48. The highest BCUT2D eigenvalue weighted by Gasteiger charge is 2.16. The van der Waals surface area contributed by atoms with Crippen LogP contribution in [-0.2, 0) is 16.0 Å². The molecule has 0 spiro atoms. The lowest BCUT2D eigenvalue weighted by molar-refractivity contribution is -0.142. The van der Waals surface area contributed by atoms with Crippen LogP contribution in [0.15, 0.2) is 24.5 Å². The number of aromatic nitrogens is 2. The molecule has 0 aromatic carbocycles. The fourth-order valence-corrected chi connectivity index (χ4v) is 1.65.